The Morgan fingerprint density at radius 2 is 2.25 bits per heavy atom. The van der Waals surface area contributed by atoms with Crippen LogP contribution in [0.2, 0.25) is 0 Å². The van der Waals surface area contributed by atoms with E-state index in [1.807, 2.05) is 12.3 Å². The van der Waals surface area contributed by atoms with Crippen LogP contribution in [0.15, 0.2) is 18.5 Å². The number of methoxy groups -OCH3 is 1. The third-order valence-corrected chi connectivity index (χ3v) is 4.15. The Balaban J connectivity index is 2.17. The Morgan fingerprint density at radius 3 is 2.79 bits per heavy atom. The van der Waals surface area contributed by atoms with E-state index in [2.05, 4.69) is 4.98 Å². The van der Waals surface area contributed by atoms with Crippen LogP contribution >= 0.6 is 0 Å². The second kappa shape index (κ2) is 5.84. The summed E-state index contributed by atoms with van der Waals surface area (Å²) < 4.78 is 7.08. The molecule has 126 valence electrons. The van der Waals surface area contributed by atoms with Crippen molar-refractivity contribution in [2.45, 2.75) is 6.42 Å². The molecule has 0 aliphatic carbocycles. The van der Waals surface area contributed by atoms with Gasteiger partial charge in [-0.25, -0.2) is 9.78 Å². The normalized spacial score (nSPS) is 14.6. The first kappa shape index (κ1) is 15.8. The highest BCUT2D eigenvalue weighted by Gasteiger charge is 2.26. The number of carboxylic acid groups (broad SMARTS) is 1. The van der Waals surface area contributed by atoms with Gasteiger partial charge >= 0.3 is 11.8 Å². The number of rotatable bonds is 3. The minimum Gasteiger partial charge on any atom is -0.490 e. The van der Waals surface area contributed by atoms with Crippen molar-refractivity contribution in [3.63, 3.8) is 0 Å². The molecule has 1 N–H and O–H groups in total. The van der Waals surface area contributed by atoms with Crippen LogP contribution in [0.3, 0.4) is 0 Å². The van der Waals surface area contributed by atoms with Crippen molar-refractivity contribution in [1.29, 1.82) is 0 Å². The molecule has 0 bridgehead atoms. The van der Waals surface area contributed by atoms with Gasteiger partial charge in [0, 0.05) is 31.9 Å². The highest BCUT2D eigenvalue weighted by atomic mass is 16.6. The average Bonchev–Trinajstić information content (AvgIpc) is 2.91. The number of ether oxygens (including phenoxy) is 1. The first-order valence-electron chi connectivity index (χ1n) is 7.27. The standard InChI is InChI=1S/C15H16N4O5/c1-17-8-10(9-3-5-18(6-4-9)15(20)21)12-13(24-2)11(19(22)23)7-16-14(12)17/h3,7-8H,4-6H2,1-2H3,(H,20,21). The van der Waals surface area contributed by atoms with E-state index in [0.717, 1.165) is 11.1 Å². The summed E-state index contributed by atoms with van der Waals surface area (Å²) in [5.74, 6) is 0.169. The lowest BCUT2D eigenvalue weighted by Crippen LogP contribution is -2.33. The van der Waals surface area contributed by atoms with Gasteiger partial charge in [0.2, 0.25) is 5.75 Å². The molecule has 0 atom stereocenters. The molecule has 2 aromatic heterocycles. The second-order valence-corrected chi connectivity index (χ2v) is 5.49. The average molecular weight is 332 g/mol. The van der Waals surface area contributed by atoms with E-state index in [1.165, 1.54) is 18.2 Å². The van der Waals surface area contributed by atoms with Crippen molar-refractivity contribution in [2.24, 2.45) is 7.05 Å². The molecule has 0 radical (unpaired) electrons. The number of nitrogens with zero attached hydrogens (tertiary/aromatic N) is 4. The molecule has 0 saturated heterocycles. The van der Waals surface area contributed by atoms with E-state index in [0.29, 0.717) is 24.0 Å². The Bertz CT molecular complexity index is 870. The fourth-order valence-corrected chi connectivity index (χ4v) is 2.97. The number of pyridine rings is 1. The molecule has 9 heteroatoms. The van der Waals surface area contributed by atoms with Gasteiger partial charge in [-0.1, -0.05) is 6.08 Å². The molecular formula is C15H16N4O5. The molecule has 0 fully saturated rings. The third-order valence-electron chi connectivity index (χ3n) is 4.15. The van der Waals surface area contributed by atoms with E-state index in [4.69, 9.17) is 9.84 Å². The maximum absolute atomic E-state index is 11.2. The molecule has 0 saturated carbocycles. The van der Waals surface area contributed by atoms with Crippen LogP contribution in [0.5, 0.6) is 5.75 Å². The Hall–Kier alpha value is -3.10. The van der Waals surface area contributed by atoms with Crippen molar-refractivity contribution in [3.05, 3.63) is 34.1 Å². The number of aryl methyl sites for hydroxylation is 1. The summed E-state index contributed by atoms with van der Waals surface area (Å²) in [7, 11) is 3.19. The molecule has 3 heterocycles. The molecule has 9 nitrogen and oxygen atoms in total. The third kappa shape index (κ3) is 2.43. The van der Waals surface area contributed by atoms with Gasteiger partial charge in [-0.05, 0) is 12.0 Å². The zero-order chi connectivity index (χ0) is 17.4. The molecule has 3 rings (SSSR count). The smallest absolute Gasteiger partial charge is 0.407 e. The van der Waals surface area contributed by atoms with Gasteiger partial charge in [-0.2, -0.15) is 0 Å². The van der Waals surface area contributed by atoms with E-state index < -0.39 is 11.0 Å². The number of fused-ring (bicyclic) bond motifs is 1. The predicted molar refractivity (Wildman–Crippen MR) is 86.1 cm³/mol. The van der Waals surface area contributed by atoms with Crippen LogP contribution in [-0.2, 0) is 7.05 Å². The van der Waals surface area contributed by atoms with E-state index in [1.54, 1.807) is 11.6 Å². The van der Waals surface area contributed by atoms with Crippen molar-refractivity contribution >= 4 is 28.4 Å². The second-order valence-electron chi connectivity index (χ2n) is 5.49. The molecule has 0 spiro atoms. The van der Waals surface area contributed by atoms with Crippen LogP contribution in [0, 0.1) is 10.1 Å². The molecule has 1 aliphatic heterocycles. The molecule has 1 aliphatic rings. The maximum Gasteiger partial charge on any atom is 0.407 e. The van der Waals surface area contributed by atoms with Crippen LogP contribution < -0.4 is 4.74 Å². The first-order valence-corrected chi connectivity index (χ1v) is 7.27. The van der Waals surface area contributed by atoms with Gasteiger partial charge in [0.15, 0.2) is 0 Å². The topological polar surface area (TPSA) is 111 Å². The minimum atomic E-state index is -0.960. The lowest BCUT2D eigenvalue weighted by atomic mass is 9.99. The molecule has 24 heavy (non-hydrogen) atoms. The van der Waals surface area contributed by atoms with E-state index in [-0.39, 0.29) is 18.0 Å². The number of nitro groups is 1. The Labute approximate surface area is 136 Å². The largest absolute Gasteiger partial charge is 0.490 e. The minimum absolute atomic E-state index is 0.169. The molecule has 0 unspecified atom stereocenters. The van der Waals surface area contributed by atoms with Crippen LogP contribution in [-0.4, -0.2) is 50.8 Å². The summed E-state index contributed by atoms with van der Waals surface area (Å²) in [6.45, 7) is 0.661. The molecule has 2 aromatic rings. The molecule has 0 aromatic carbocycles. The Kier molecular flexibility index (Phi) is 3.84. The predicted octanol–water partition coefficient (Wildman–Crippen LogP) is 2.26. The fourth-order valence-electron chi connectivity index (χ4n) is 2.97. The summed E-state index contributed by atoms with van der Waals surface area (Å²) in [6, 6.07) is 0. The lowest BCUT2D eigenvalue weighted by Gasteiger charge is -2.23. The van der Waals surface area contributed by atoms with Crippen molar-refractivity contribution in [1.82, 2.24) is 14.5 Å². The van der Waals surface area contributed by atoms with Gasteiger partial charge in [-0.15, -0.1) is 0 Å². The zero-order valence-electron chi connectivity index (χ0n) is 13.2. The van der Waals surface area contributed by atoms with E-state index in [9.17, 15) is 14.9 Å². The molecule has 1 amide bonds. The highest BCUT2D eigenvalue weighted by Crippen LogP contribution is 2.40. The van der Waals surface area contributed by atoms with Crippen molar-refractivity contribution in [3.8, 4) is 5.75 Å². The number of aromatic nitrogens is 2. The SMILES string of the molecule is COc1c([N+](=O)[O-])cnc2c1c(C1=CCN(C(=O)O)CC1)cn2C. The zero-order valence-corrected chi connectivity index (χ0v) is 13.2. The monoisotopic (exact) mass is 332 g/mol. The Morgan fingerprint density at radius 1 is 1.50 bits per heavy atom. The summed E-state index contributed by atoms with van der Waals surface area (Å²) in [5, 5.41) is 20.8. The van der Waals surface area contributed by atoms with Gasteiger partial charge in [0.05, 0.1) is 17.4 Å². The summed E-state index contributed by atoms with van der Waals surface area (Å²) in [5.41, 5.74) is 2.10. The molecular weight excluding hydrogens is 316 g/mol. The van der Waals surface area contributed by atoms with Crippen molar-refractivity contribution in [2.75, 3.05) is 20.2 Å². The van der Waals surface area contributed by atoms with Gasteiger partial charge < -0.3 is 19.3 Å². The summed E-state index contributed by atoms with van der Waals surface area (Å²) >= 11 is 0. The maximum atomic E-state index is 11.2. The lowest BCUT2D eigenvalue weighted by molar-refractivity contribution is -0.385. The number of amides is 1. The number of hydrogen-bond acceptors (Lipinski definition) is 5. The van der Waals surface area contributed by atoms with Gasteiger partial charge in [-0.3, -0.25) is 10.1 Å². The van der Waals surface area contributed by atoms with Crippen LogP contribution in [0.4, 0.5) is 10.5 Å². The number of hydrogen-bond donors (Lipinski definition) is 1. The quantitative estimate of drug-likeness (QED) is 0.682. The summed E-state index contributed by atoms with van der Waals surface area (Å²) in [4.78, 5) is 27.2. The van der Waals surface area contributed by atoms with Gasteiger partial charge in [0.1, 0.15) is 11.8 Å². The summed E-state index contributed by atoms with van der Waals surface area (Å²) in [6.07, 6.45) is 4.42. The van der Waals surface area contributed by atoms with Crippen molar-refractivity contribution < 1.29 is 19.6 Å². The number of carbonyl (C=O) groups is 1. The highest BCUT2D eigenvalue weighted by molar-refractivity contribution is 5.98. The van der Waals surface area contributed by atoms with Gasteiger partial charge in [0.25, 0.3) is 0 Å². The first-order chi connectivity index (χ1) is 11.4. The van der Waals surface area contributed by atoms with E-state index >= 15 is 0 Å². The van der Waals surface area contributed by atoms with Crippen LogP contribution in [0.25, 0.3) is 16.6 Å². The fraction of sp³-hybridized carbons (Fsp3) is 0.333. The van der Waals surface area contributed by atoms with Crippen LogP contribution in [0.1, 0.15) is 12.0 Å².